The third kappa shape index (κ3) is 4.09. The predicted octanol–water partition coefficient (Wildman–Crippen LogP) is 1.84. The number of hydrogen-bond acceptors (Lipinski definition) is 4. The fourth-order valence-corrected chi connectivity index (χ4v) is 2.12. The molecule has 1 atom stereocenters. The van der Waals surface area contributed by atoms with Gasteiger partial charge in [0.25, 0.3) is 0 Å². The van der Waals surface area contributed by atoms with Crippen LogP contribution in [0.25, 0.3) is 0 Å². The lowest BCUT2D eigenvalue weighted by Crippen LogP contribution is -2.34. The highest BCUT2D eigenvalue weighted by Gasteiger charge is 2.17. The van der Waals surface area contributed by atoms with Crippen LogP contribution in [0.4, 0.5) is 5.82 Å². The van der Waals surface area contributed by atoms with E-state index in [1.165, 1.54) is 6.20 Å². The maximum atomic E-state index is 11.9. The highest BCUT2D eigenvalue weighted by Crippen LogP contribution is 2.17. The summed E-state index contributed by atoms with van der Waals surface area (Å²) < 4.78 is 0. The molecule has 0 saturated carbocycles. The number of anilines is 1. The first-order chi connectivity index (χ1) is 9.79. The number of carbonyl (C=O) groups excluding carboxylic acids is 1. The van der Waals surface area contributed by atoms with Gasteiger partial charge in [-0.3, -0.25) is 4.79 Å². The van der Waals surface area contributed by atoms with E-state index in [4.69, 9.17) is 5.26 Å². The first-order valence-electron chi connectivity index (χ1n) is 6.82. The molecule has 1 aromatic rings. The van der Waals surface area contributed by atoms with E-state index in [0.29, 0.717) is 24.5 Å². The fourth-order valence-electron chi connectivity index (χ4n) is 2.12. The third-order valence-corrected chi connectivity index (χ3v) is 3.26. The Morgan fingerprint density at radius 2 is 2.30 bits per heavy atom. The van der Waals surface area contributed by atoms with Gasteiger partial charge < -0.3 is 10.6 Å². The number of carbonyl (C=O) groups is 1. The molecule has 0 radical (unpaired) electrons. The molecule has 20 heavy (non-hydrogen) atoms. The average molecular weight is 270 g/mol. The minimum Gasteiger partial charge on any atom is -0.368 e. The van der Waals surface area contributed by atoms with Crippen LogP contribution in [0.3, 0.4) is 0 Å². The van der Waals surface area contributed by atoms with Crippen LogP contribution in [0.1, 0.15) is 24.8 Å². The largest absolute Gasteiger partial charge is 0.368 e. The number of rotatable bonds is 5. The number of nitriles is 1. The van der Waals surface area contributed by atoms with Crippen LogP contribution in [0.15, 0.2) is 30.5 Å². The third-order valence-electron chi connectivity index (χ3n) is 3.26. The van der Waals surface area contributed by atoms with Gasteiger partial charge in [0.15, 0.2) is 0 Å². The minimum absolute atomic E-state index is 0.119. The van der Waals surface area contributed by atoms with Gasteiger partial charge in [0.2, 0.25) is 5.91 Å². The van der Waals surface area contributed by atoms with Crippen LogP contribution in [0.5, 0.6) is 0 Å². The molecule has 0 fully saturated rings. The quantitative estimate of drug-likeness (QED) is 0.632. The van der Waals surface area contributed by atoms with E-state index in [2.05, 4.69) is 27.8 Å². The Morgan fingerprint density at radius 3 is 2.95 bits per heavy atom. The Bertz CT molecular complexity index is 516. The van der Waals surface area contributed by atoms with Gasteiger partial charge in [-0.05, 0) is 31.4 Å². The SMILES string of the molecule is N#Cc1ccc(NCCNC(=O)[C@@H]2CC=CCC2)nc1. The Hall–Kier alpha value is -2.35. The molecular formula is C15H18N4O. The van der Waals surface area contributed by atoms with Crippen molar-refractivity contribution >= 4 is 11.7 Å². The second-order valence-electron chi connectivity index (χ2n) is 4.74. The summed E-state index contributed by atoms with van der Waals surface area (Å²) in [4.78, 5) is 16.0. The monoisotopic (exact) mass is 270 g/mol. The average Bonchev–Trinajstić information content (AvgIpc) is 2.53. The van der Waals surface area contributed by atoms with Crippen molar-refractivity contribution in [2.45, 2.75) is 19.3 Å². The van der Waals surface area contributed by atoms with E-state index in [0.717, 1.165) is 19.3 Å². The lowest BCUT2D eigenvalue weighted by atomic mass is 9.94. The Balaban J connectivity index is 1.67. The molecule has 5 heteroatoms. The number of amides is 1. The van der Waals surface area contributed by atoms with Crippen molar-refractivity contribution in [3.8, 4) is 6.07 Å². The zero-order chi connectivity index (χ0) is 14.2. The Kier molecular flexibility index (Phi) is 5.13. The number of pyridine rings is 1. The summed E-state index contributed by atoms with van der Waals surface area (Å²) in [6.45, 7) is 1.19. The van der Waals surface area contributed by atoms with Crippen LogP contribution in [0.2, 0.25) is 0 Å². The maximum Gasteiger partial charge on any atom is 0.223 e. The van der Waals surface area contributed by atoms with Crippen LogP contribution in [0, 0.1) is 17.2 Å². The van der Waals surface area contributed by atoms with Crippen molar-refractivity contribution in [2.24, 2.45) is 5.92 Å². The topological polar surface area (TPSA) is 77.8 Å². The molecule has 2 rings (SSSR count). The molecule has 0 bridgehead atoms. The van der Waals surface area contributed by atoms with Gasteiger partial charge >= 0.3 is 0 Å². The molecule has 0 aliphatic heterocycles. The summed E-state index contributed by atoms with van der Waals surface area (Å²) in [5.41, 5.74) is 0.536. The van der Waals surface area contributed by atoms with Gasteiger partial charge in [0.1, 0.15) is 11.9 Å². The zero-order valence-electron chi connectivity index (χ0n) is 11.3. The van der Waals surface area contributed by atoms with Crippen LogP contribution < -0.4 is 10.6 Å². The second kappa shape index (κ2) is 7.29. The molecule has 0 unspecified atom stereocenters. The van der Waals surface area contributed by atoms with Crippen molar-refractivity contribution in [3.63, 3.8) is 0 Å². The first kappa shape index (κ1) is 14.1. The molecule has 5 nitrogen and oxygen atoms in total. The maximum absolute atomic E-state index is 11.9. The van der Waals surface area contributed by atoms with E-state index >= 15 is 0 Å². The van der Waals surface area contributed by atoms with Crippen molar-refractivity contribution in [1.82, 2.24) is 10.3 Å². The summed E-state index contributed by atoms with van der Waals surface area (Å²) in [6.07, 6.45) is 8.50. The van der Waals surface area contributed by atoms with Gasteiger partial charge in [-0.25, -0.2) is 4.98 Å². The molecule has 2 N–H and O–H groups in total. The van der Waals surface area contributed by atoms with Gasteiger partial charge in [-0.15, -0.1) is 0 Å². The van der Waals surface area contributed by atoms with E-state index < -0.39 is 0 Å². The highest BCUT2D eigenvalue weighted by atomic mass is 16.1. The lowest BCUT2D eigenvalue weighted by Gasteiger charge is -2.17. The van der Waals surface area contributed by atoms with E-state index in [9.17, 15) is 4.79 Å². The van der Waals surface area contributed by atoms with Crippen LogP contribution in [-0.4, -0.2) is 24.0 Å². The Morgan fingerprint density at radius 1 is 1.40 bits per heavy atom. The standard InChI is InChI=1S/C15H18N4O/c16-10-12-6-7-14(19-11-12)17-8-9-18-15(20)13-4-2-1-3-5-13/h1-2,6-7,11,13H,3-5,8-9H2,(H,17,19)(H,18,20)/t13-/m1/s1. The summed E-state index contributed by atoms with van der Waals surface area (Å²) in [7, 11) is 0. The summed E-state index contributed by atoms with van der Waals surface area (Å²) >= 11 is 0. The summed E-state index contributed by atoms with van der Waals surface area (Å²) in [6, 6.07) is 5.49. The minimum atomic E-state index is 0.119. The van der Waals surface area contributed by atoms with Gasteiger partial charge in [-0.1, -0.05) is 12.2 Å². The predicted molar refractivity (Wildman–Crippen MR) is 76.9 cm³/mol. The zero-order valence-corrected chi connectivity index (χ0v) is 11.3. The highest BCUT2D eigenvalue weighted by molar-refractivity contribution is 5.79. The van der Waals surface area contributed by atoms with E-state index in [1.807, 2.05) is 6.07 Å². The molecule has 1 heterocycles. The number of nitrogens with one attached hydrogen (secondary N) is 2. The van der Waals surface area contributed by atoms with Gasteiger partial charge in [0.05, 0.1) is 5.56 Å². The van der Waals surface area contributed by atoms with Crippen molar-refractivity contribution in [3.05, 3.63) is 36.0 Å². The number of allylic oxidation sites excluding steroid dienone is 2. The molecule has 1 aliphatic rings. The fraction of sp³-hybridized carbons (Fsp3) is 0.400. The molecular weight excluding hydrogens is 252 g/mol. The van der Waals surface area contributed by atoms with Gasteiger partial charge in [0, 0.05) is 25.2 Å². The van der Waals surface area contributed by atoms with Crippen molar-refractivity contribution < 1.29 is 4.79 Å². The number of hydrogen-bond donors (Lipinski definition) is 2. The molecule has 104 valence electrons. The molecule has 0 aromatic carbocycles. The first-order valence-corrected chi connectivity index (χ1v) is 6.82. The molecule has 1 aromatic heterocycles. The van der Waals surface area contributed by atoms with Crippen LogP contribution >= 0.6 is 0 Å². The van der Waals surface area contributed by atoms with Gasteiger partial charge in [-0.2, -0.15) is 5.26 Å². The van der Waals surface area contributed by atoms with Crippen molar-refractivity contribution in [1.29, 1.82) is 5.26 Å². The number of nitrogens with zero attached hydrogens (tertiary/aromatic N) is 2. The second-order valence-corrected chi connectivity index (χ2v) is 4.74. The van der Waals surface area contributed by atoms with Crippen molar-refractivity contribution in [2.75, 3.05) is 18.4 Å². The Labute approximate surface area is 118 Å². The van der Waals surface area contributed by atoms with Crippen LogP contribution in [-0.2, 0) is 4.79 Å². The summed E-state index contributed by atoms with van der Waals surface area (Å²) in [5, 5.41) is 14.7. The normalized spacial score (nSPS) is 17.2. The molecule has 0 spiro atoms. The van der Waals surface area contributed by atoms with E-state index in [-0.39, 0.29) is 11.8 Å². The molecule has 0 saturated heterocycles. The van der Waals surface area contributed by atoms with E-state index in [1.54, 1.807) is 12.1 Å². The number of aromatic nitrogens is 1. The molecule has 1 aliphatic carbocycles. The smallest absolute Gasteiger partial charge is 0.223 e. The summed E-state index contributed by atoms with van der Waals surface area (Å²) in [5.74, 6) is 0.954. The molecule has 1 amide bonds. The lowest BCUT2D eigenvalue weighted by molar-refractivity contribution is -0.125.